The number of hydrogen-bond acceptors (Lipinski definition) is 3. The van der Waals surface area contributed by atoms with E-state index < -0.39 is 0 Å². The van der Waals surface area contributed by atoms with Gasteiger partial charge in [-0.2, -0.15) is 0 Å². The maximum atomic E-state index is 10.8. The monoisotopic (exact) mass is 195 g/mol. The summed E-state index contributed by atoms with van der Waals surface area (Å²) in [6.45, 7) is 3.44. The highest BCUT2D eigenvalue weighted by Crippen LogP contribution is 2.20. The zero-order valence-corrected chi connectivity index (χ0v) is 8.69. The lowest BCUT2D eigenvalue weighted by molar-refractivity contribution is -0.146. The zero-order valence-electron chi connectivity index (χ0n) is 8.69. The maximum absolute atomic E-state index is 10.8. The Bertz CT molecular complexity index is 272. The molecule has 1 aromatic carbocycles. The van der Waals surface area contributed by atoms with Crippen LogP contribution in [-0.2, 0) is 9.53 Å². The first-order valence-electron chi connectivity index (χ1n) is 4.46. The van der Waals surface area contributed by atoms with Gasteiger partial charge in [0.15, 0.2) is 0 Å². The Morgan fingerprint density at radius 3 is 2.36 bits per heavy atom. The van der Waals surface area contributed by atoms with Gasteiger partial charge < -0.3 is 10.9 Å². The molecule has 1 unspecified atom stereocenters. The first-order chi connectivity index (χ1) is 6.24. The fourth-order valence-electron chi connectivity index (χ4n) is 1.26. The van der Waals surface area contributed by atoms with Gasteiger partial charge in [-0.15, -0.1) is 0 Å². The van der Waals surface area contributed by atoms with Gasteiger partial charge in [-0.05, 0) is 12.0 Å². The molecular formula is C11H17NO2. The van der Waals surface area contributed by atoms with Gasteiger partial charge in [-0.25, -0.2) is 0 Å². The number of hydrogen-bond donors (Lipinski definition) is 1. The Hall–Kier alpha value is -1.35. The van der Waals surface area contributed by atoms with Crippen LogP contribution >= 0.6 is 0 Å². The van der Waals surface area contributed by atoms with E-state index in [0.717, 1.165) is 12.0 Å². The molecule has 0 aromatic heterocycles. The van der Waals surface area contributed by atoms with Crippen LogP contribution in [0.2, 0.25) is 0 Å². The molecule has 14 heavy (non-hydrogen) atoms. The van der Waals surface area contributed by atoms with Crippen molar-refractivity contribution in [1.29, 1.82) is 0 Å². The highest BCUT2D eigenvalue weighted by Gasteiger charge is 2.10. The zero-order chi connectivity index (χ0) is 9.68. The van der Waals surface area contributed by atoms with E-state index >= 15 is 0 Å². The Balaban J connectivity index is 0.00000169. The normalized spacial score (nSPS) is 11.3. The fourth-order valence-corrected chi connectivity index (χ4v) is 1.26. The largest absolute Gasteiger partial charge is 0.458 e. The standard InChI is InChI=1S/C11H14O2.H3N/c1-3-11(13-9(2)12)10-7-5-4-6-8-10;/h4-8,11H,3H2,1-2H3;1H3. The summed E-state index contributed by atoms with van der Waals surface area (Å²) in [5.41, 5.74) is 1.06. The molecule has 78 valence electrons. The van der Waals surface area contributed by atoms with Gasteiger partial charge in [0.2, 0.25) is 0 Å². The molecule has 0 radical (unpaired) electrons. The topological polar surface area (TPSA) is 61.3 Å². The molecule has 0 spiro atoms. The summed E-state index contributed by atoms with van der Waals surface area (Å²) in [5.74, 6) is -0.226. The quantitative estimate of drug-likeness (QED) is 0.754. The van der Waals surface area contributed by atoms with E-state index in [9.17, 15) is 4.79 Å². The van der Waals surface area contributed by atoms with Crippen molar-refractivity contribution in [2.24, 2.45) is 0 Å². The van der Waals surface area contributed by atoms with Gasteiger partial charge in [0.25, 0.3) is 0 Å². The summed E-state index contributed by atoms with van der Waals surface area (Å²) < 4.78 is 5.15. The molecule has 0 saturated carbocycles. The van der Waals surface area contributed by atoms with E-state index in [1.165, 1.54) is 6.92 Å². The van der Waals surface area contributed by atoms with E-state index in [-0.39, 0.29) is 18.2 Å². The number of carbonyl (C=O) groups is 1. The van der Waals surface area contributed by atoms with Crippen molar-refractivity contribution in [2.45, 2.75) is 26.4 Å². The van der Waals surface area contributed by atoms with E-state index in [2.05, 4.69) is 0 Å². The lowest BCUT2D eigenvalue weighted by Gasteiger charge is -2.14. The van der Waals surface area contributed by atoms with Crippen LogP contribution < -0.4 is 6.15 Å². The second-order valence-corrected chi connectivity index (χ2v) is 2.92. The molecular weight excluding hydrogens is 178 g/mol. The first kappa shape index (κ1) is 12.7. The summed E-state index contributed by atoms with van der Waals surface area (Å²) in [6.07, 6.45) is 0.711. The predicted molar refractivity (Wildman–Crippen MR) is 56.3 cm³/mol. The van der Waals surface area contributed by atoms with Crippen LogP contribution in [0.5, 0.6) is 0 Å². The van der Waals surface area contributed by atoms with Crippen molar-refractivity contribution in [3.63, 3.8) is 0 Å². The van der Waals surface area contributed by atoms with E-state index in [0.29, 0.717) is 0 Å². The van der Waals surface area contributed by atoms with E-state index in [4.69, 9.17) is 4.74 Å². The third-order valence-electron chi connectivity index (χ3n) is 1.85. The number of rotatable bonds is 3. The molecule has 1 aromatic rings. The summed E-state index contributed by atoms with van der Waals surface area (Å²) in [5, 5.41) is 0. The molecule has 3 heteroatoms. The highest BCUT2D eigenvalue weighted by atomic mass is 16.5. The van der Waals surface area contributed by atoms with Gasteiger partial charge in [-0.3, -0.25) is 4.79 Å². The summed E-state index contributed by atoms with van der Waals surface area (Å²) in [4.78, 5) is 10.8. The summed E-state index contributed by atoms with van der Waals surface area (Å²) in [6, 6.07) is 9.78. The lowest BCUT2D eigenvalue weighted by atomic mass is 10.1. The Morgan fingerprint density at radius 1 is 1.36 bits per heavy atom. The smallest absolute Gasteiger partial charge is 0.303 e. The van der Waals surface area contributed by atoms with Crippen molar-refractivity contribution in [1.82, 2.24) is 6.15 Å². The molecule has 1 rings (SSSR count). The van der Waals surface area contributed by atoms with Crippen LogP contribution in [0.4, 0.5) is 0 Å². The van der Waals surface area contributed by atoms with Crippen molar-refractivity contribution in [2.75, 3.05) is 0 Å². The fraction of sp³-hybridized carbons (Fsp3) is 0.364. The van der Waals surface area contributed by atoms with Crippen LogP contribution in [0, 0.1) is 0 Å². The molecule has 0 saturated heterocycles. The van der Waals surface area contributed by atoms with Gasteiger partial charge in [0, 0.05) is 6.92 Å². The number of esters is 1. The molecule has 0 fully saturated rings. The molecule has 0 amide bonds. The molecule has 0 aliphatic carbocycles. The second-order valence-electron chi connectivity index (χ2n) is 2.92. The summed E-state index contributed by atoms with van der Waals surface area (Å²) in [7, 11) is 0. The minimum Gasteiger partial charge on any atom is -0.458 e. The summed E-state index contributed by atoms with van der Waals surface area (Å²) >= 11 is 0. The van der Waals surface area contributed by atoms with Crippen molar-refractivity contribution in [3.05, 3.63) is 35.9 Å². The Labute approximate surface area is 84.7 Å². The molecule has 1 atom stereocenters. The van der Waals surface area contributed by atoms with Gasteiger partial charge >= 0.3 is 5.97 Å². The molecule has 3 N–H and O–H groups in total. The highest BCUT2D eigenvalue weighted by molar-refractivity contribution is 5.66. The molecule has 0 aliphatic heterocycles. The molecule has 0 aliphatic rings. The average Bonchev–Trinajstić information content (AvgIpc) is 2.15. The SMILES string of the molecule is CCC(OC(C)=O)c1ccccc1.N. The second kappa shape index (κ2) is 6.16. The van der Waals surface area contributed by atoms with Crippen molar-refractivity contribution < 1.29 is 9.53 Å². The van der Waals surface area contributed by atoms with Crippen molar-refractivity contribution in [3.8, 4) is 0 Å². The Morgan fingerprint density at radius 2 is 1.93 bits per heavy atom. The van der Waals surface area contributed by atoms with Gasteiger partial charge in [0.1, 0.15) is 6.10 Å². The van der Waals surface area contributed by atoms with Crippen molar-refractivity contribution >= 4 is 5.97 Å². The average molecular weight is 195 g/mol. The number of carbonyl (C=O) groups excluding carboxylic acids is 1. The molecule has 0 bridgehead atoms. The van der Waals surface area contributed by atoms with E-state index in [1.54, 1.807) is 0 Å². The van der Waals surface area contributed by atoms with E-state index in [1.807, 2.05) is 37.3 Å². The van der Waals surface area contributed by atoms with Gasteiger partial charge in [-0.1, -0.05) is 37.3 Å². The maximum Gasteiger partial charge on any atom is 0.303 e. The van der Waals surface area contributed by atoms with Crippen LogP contribution in [0.1, 0.15) is 31.9 Å². The van der Waals surface area contributed by atoms with Crippen LogP contribution in [0.3, 0.4) is 0 Å². The number of ether oxygens (including phenoxy) is 1. The molecule has 3 nitrogen and oxygen atoms in total. The third-order valence-corrected chi connectivity index (χ3v) is 1.85. The predicted octanol–water partition coefficient (Wildman–Crippen LogP) is 2.86. The Kier molecular flexibility index (Phi) is 5.56. The minimum atomic E-state index is -0.226. The van der Waals surface area contributed by atoms with Gasteiger partial charge in [0.05, 0.1) is 0 Å². The minimum absolute atomic E-state index is 0. The van der Waals surface area contributed by atoms with Crippen LogP contribution in [0.25, 0.3) is 0 Å². The van der Waals surface area contributed by atoms with Crippen LogP contribution in [0.15, 0.2) is 30.3 Å². The first-order valence-corrected chi connectivity index (χ1v) is 4.46. The van der Waals surface area contributed by atoms with Crippen LogP contribution in [-0.4, -0.2) is 5.97 Å². The third kappa shape index (κ3) is 3.58. The lowest BCUT2D eigenvalue weighted by Crippen LogP contribution is -2.07. The number of benzene rings is 1. The molecule has 0 heterocycles.